The van der Waals surface area contributed by atoms with Crippen molar-refractivity contribution in [3.63, 3.8) is 0 Å². The molecule has 4 rings (SSSR count). The lowest BCUT2D eigenvalue weighted by Gasteiger charge is -2.12. The molecule has 0 saturated heterocycles. The Hall–Kier alpha value is -3.31. The molecule has 0 unspecified atom stereocenters. The number of carboxylic acids is 1. The monoisotopic (exact) mass is 401 g/mol. The Morgan fingerprint density at radius 2 is 1.86 bits per heavy atom. The number of carbonyl (C=O) groups is 1. The van der Waals surface area contributed by atoms with Crippen molar-refractivity contribution in [3.05, 3.63) is 95.7 Å². The van der Waals surface area contributed by atoms with E-state index in [4.69, 9.17) is 5.11 Å². The van der Waals surface area contributed by atoms with Crippen LogP contribution in [0.5, 0.6) is 0 Å². The topological polar surface area (TPSA) is 44.4 Å². The smallest absolute Gasteiger partial charge is 0.370 e. The number of allylic oxidation sites excluding steroid dienone is 4. The molecule has 1 aliphatic heterocycles. The van der Waals surface area contributed by atoms with E-state index in [-0.39, 0.29) is 6.54 Å². The van der Waals surface area contributed by atoms with Gasteiger partial charge in [0.15, 0.2) is 6.20 Å². The number of rotatable bonds is 5. The molecule has 144 valence electrons. The van der Waals surface area contributed by atoms with E-state index in [1.54, 1.807) is 16.3 Å². The Kier molecular flexibility index (Phi) is 5.49. The highest BCUT2D eigenvalue weighted by atomic mass is 32.2. The van der Waals surface area contributed by atoms with Crippen molar-refractivity contribution in [1.82, 2.24) is 0 Å². The molecule has 0 amide bonds. The maximum atomic E-state index is 11.1. The molecule has 0 bridgehead atoms. The quantitative estimate of drug-likeness (QED) is 0.490. The Labute approximate surface area is 174 Å². The van der Waals surface area contributed by atoms with Crippen LogP contribution in [0.25, 0.3) is 17.0 Å². The second kappa shape index (κ2) is 8.37. The maximum Gasteiger partial charge on any atom is 0.370 e. The van der Waals surface area contributed by atoms with Crippen LogP contribution in [0.4, 0.5) is 5.69 Å². The lowest BCUT2D eigenvalue weighted by atomic mass is 10.1. The van der Waals surface area contributed by atoms with Gasteiger partial charge in [0.1, 0.15) is 0 Å². The molecule has 2 heterocycles. The zero-order chi connectivity index (χ0) is 20.2. The Morgan fingerprint density at radius 1 is 1.07 bits per heavy atom. The van der Waals surface area contributed by atoms with Crippen molar-refractivity contribution in [2.45, 2.75) is 11.4 Å². The number of pyridine rings is 1. The normalized spacial score (nSPS) is 15.1. The minimum Gasteiger partial charge on any atom is -0.477 e. The van der Waals surface area contributed by atoms with Crippen molar-refractivity contribution in [1.29, 1.82) is 0 Å². The van der Waals surface area contributed by atoms with Gasteiger partial charge in [-0.05, 0) is 29.8 Å². The van der Waals surface area contributed by atoms with E-state index in [0.29, 0.717) is 0 Å². The molecule has 0 radical (unpaired) electrons. The highest BCUT2D eigenvalue weighted by Crippen LogP contribution is 2.44. The predicted molar refractivity (Wildman–Crippen MR) is 119 cm³/mol. The van der Waals surface area contributed by atoms with E-state index in [0.717, 1.165) is 16.5 Å². The van der Waals surface area contributed by atoms with E-state index in [9.17, 15) is 4.79 Å². The molecule has 4 nitrogen and oxygen atoms in total. The summed E-state index contributed by atoms with van der Waals surface area (Å²) >= 11 is 1.77. The number of nitrogens with zero attached hydrogens (tertiary/aromatic N) is 2. The molecule has 0 saturated carbocycles. The summed E-state index contributed by atoms with van der Waals surface area (Å²) in [5.74, 6) is -0.851. The van der Waals surface area contributed by atoms with Gasteiger partial charge >= 0.3 is 5.97 Å². The number of anilines is 1. The molecule has 1 aliphatic rings. The van der Waals surface area contributed by atoms with E-state index >= 15 is 0 Å². The average Bonchev–Trinajstić information content (AvgIpc) is 3.05. The molecule has 0 atom stereocenters. The fraction of sp³-hybridized carbons (Fsp3) is 0.0833. The van der Waals surface area contributed by atoms with Crippen LogP contribution < -0.4 is 9.47 Å². The summed E-state index contributed by atoms with van der Waals surface area (Å²) in [6, 6.07) is 18.2. The van der Waals surface area contributed by atoms with Crippen molar-refractivity contribution in [2.24, 2.45) is 0 Å². The second-order valence-corrected chi connectivity index (χ2v) is 7.75. The first-order chi connectivity index (χ1) is 14.1. The number of para-hydroxylation sites is 2. The minimum atomic E-state index is -0.851. The molecule has 1 aromatic heterocycles. The number of thioether (sulfide) groups is 1. The van der Waals surface area contributed by atoms with E-state index < -0.39 is 5.97 Å². The minimum absolute atomic E-state index is 0.0500. The van der Waals surface area contributed by atoms with Gasteiger partial charge in [0.25, 0.3) is 0 Å². The number of aromatic nitrogens is 1. The summed E-state index contributed by atoms with van der Waals surface area (Å²) in [5, 5.41) is 11.3. The summed E-state index contributed by atoms with van der Waals surface area (Å²) in [4.78, 5) is 14.6. The summed E-state index contributed by atoms with van der Waals surface area (Å²) in [5.41, 5.74) is 3.20. The molecule has 2 aromatic carbocycles. The van der Waals surface area contributed by atoms with Crippen LogP contribution in [0, 0.1) is 0 Å². The van der Waals surface area contributed by atoms with Crippen LogP contribution in [0.1, 0.15) is 5.56 Å². The molecule has 0 fully saturated rings. The number of hydrogen-bond donors (Lipinski definition) is 1. The van der Waals surface area contributed by atoms with E-state index in [1.807, 2.05) is 60.8 Å². The molecule has 0 aliphatic carbocycles. The second-order valence-electron chi connectivity index (χ2n) is 6.69. The van der Waals surface area contributed by atoms with Gasteiger partial charge in [-0.1, -0.05) is 60.3 Å². The molecule has 3 aromatic rings. The summed E-state index contributed by atoms with van der Waals surface area (Å²) < 4.78 is 1.75. The van der Waals surface area contributed by atoms with Crippen LogP contribution in [0.15, 0.2) is 95.0 Å². The SMILES string of the molecule is CN1C(=CC=CC=Cc2cc[n+](CC(=O)O)c3ccccc23)Sc2ccccc21. The average molecular weight is 402 g/mol. The van der Waals surface area contributed by atoms with Gasteiger partial charge in [0, 0.05) is 24.1 Å². The van der Waals surface area contributed by atoms with Crippen molar-refractivity contribution >= 4 is 40.4 Å². The Morgan fingerprint density at radius 3 is 2.69 bits per heavy atom. The van der Waals surface area contributed by atoms with Gasteiger partial charge in [-0.2, -0.15) is 4.57 Å². The Bertz CT molecular complexity index is 1160. The third-order valence-corrected chi connectivity index (χ3v) is 5.96. The van der Waals surface area contributed by atoms with Crippen molar-refractivity contribution in [3.8, 4) is 0 Å². The molecule has 29 heavy (non-hydrogen) atoms. The third kappa shape index (κ3) is 4.10. The third-order valence-electron chi connectivity index (χ3n) is 4.77. The van der Waals surface area contributed by atoms with Crippen LogP contribution >= 0.6 is 11.8 Å². The van der Waals surface area contributed by atoms with Gasteiger partial charge in [-0.3, -0.25) is 0 Å². The fourth-order valence-electron chi connectivity index (χ4n) is 3.36. The van der Waals surface area contributed by atoms with Crippen LogP contribution in [0.2, 0.25) is 0 Å². The van der Waals surface area contributed by atoms with Gasteiger partial charge < -0.3 is 10.0 Å². The summed E-state index contributed by atoms with van der Waals surface area (Å²) in [6.45, 7) is -0.0500. The highest BCUT2D eigenvalue weighted by Gasteiger charge is 2.20. The molecule has 5 heteroatoms. The van der Waals surface area contributed by atoms with E-state index in [1.165, 1.54) is 15.6 Å². The number of fused-ring (bicyclic) bond motifs is 2. The van der Waals surface area contributed by atoms with Gasteiger partial charge in [-0.15, -0.1) is 0 Å². The van der Waals surface area contributed by atoms with Crippen molar-refractivity contribution < 1.29 is 14.5 Å². The van der Waals surface area contributed by atoms with Crippen LogP contribution in [0.3, 0.4) is 0 Å². The first kappa shape index (κ1) is 19.0. The Balaban J connectivity index is 1.52. The lowest BCUT2D eigenvalue weighted by Crippen LogP contribution is -2.38. The standard InChI is InChI=1S/C24H20N2O2S/c1-25-21-12-7-8-13-22(21)29-23(25)14-4-2-3-9-18-15-16-26(17-24(27)28)20-11-6-5-10-19(18)20/h2-16H,17H2,1H3/p+1. The predicted octanol–water partition coefficient (Wildman–Crippen LogP) is 4.86. The highest BCUT2D eigenvalue weighted by molar-refractivity contribution is 8.03. The van der Waals surface area contributed by atoms with Gasteiger partial charge in [0.2, 0.25) is 12.1 Å². The number of aliphatic carboxylic acids is 1. The molecule has 0 spiro atoms. The number of hydrogen-bond acceptors (Lipinski definition) is 3. The molecular formula is C24H21N2O2S+. The zero-order valence-electron chi connectivity index (χ0n) is 16.0. The lowest BCUT2D eigenvalue weighted by molar-refractivity contribution is -0.660. The summed E-state index contributed by atoms with van der Waals surface area (Å²) in [7, 11) is 2.08. The number of benzene rings is 2. The first-order valence-electron chi connectivity index (χ1n) is 9.32. The van der Waals surface area contributed by atoms with Gasteiger partial charge in [-0.25, -0.2) is 4.79 Å². The summed E-state index contributed by atoms with van der Waals surface area (Å²) in [6.07, 6.45) is 12.0. The van der Waals surface area contributed by atoms with Crippen molar-refractivity contribution in [2.75, 3.05) is 11.9 Å². The first-order valence-corrected chi connectivity index (χ1v) is 10.1. The van der Waals surface area contributed by atoms with E-state index in [2.05, 4.69) is 42.3 Å². The van der Waals surface area contributed by atoms with Crippen LogP contribution in [-0.2, 0) is 11.3 Å². The van der Waals surface area contributed by atoms with Gasteiger partial charge in [0.05, 0.1) is 16.1 Å². The van der Waals surface area contributed by atoms with Crippen LogP contribution in [-0.4, -0.2) is 18.1 Å². The fourth-order valence-corrected chi connectivity index (χ4v) is 4.43. The molecule has 1 N–H and O–H groups in total. The molecular weight excluding hydrogens is 380 g/mol. The maximum absolute atomic E-state index is 11.1. The number of carboxylic acid groups (broad SMARTS) is 1. The zero-order valence-corrected chi connectivity index (χ0v) is 16.8. The largest absolute Gasteiger partial charge is 0.477 e.